The number of ether oxygens (including phenoxy) is 1. The van der Waals surface area contributed by atoms with Gasteiger partial charge in [0.05, 0.1) is 23.3 Å². The zero-order valence-electron chi connectivity index (χ0n) is 13.0. The molecule has 0 N–H and O–H groups in total. The molecule has 3 rings (SSSR count). The fourth-order valence-corrected chi connectivity index (χ4v) is 3.15. The molecular formula is C18H13Br2NO4. The van der Waals surface area contributed by atoms with Gasteiger partial charge in [0.2, 0.25) is 0 Å². The molecule has 7 heteroatoms. The van der Waals surface area contributed by atoms with Crippen LogP contribution < -0.4 is 0 Å². The van der Waals surface area contributed by atoms with Crippen molar-refractivity contribution >= 4 is 49.6 Å². The van der Waals surface area contributed by atoms with Gasteiger partial charge < -0.3 is 4.74 Å². The van der Waals surface area contributed by atoms with Gasteiger partial charge in [0.25, 0.3) is 11.8 Å². The molecule has 2 amide bonds. The Balaban J connectivity index is 1.53. The average Bonchev–Trinajstić information content (AvgIpc) is 2.83. The maximum absolute atomic E-state index is 12.3. The first-order valence-electron chi connectivity index (χ1n) is 7.56. The smallest absolute Gasteiger partial charge is 0.338 e. The lowest BCUT2D eigenvalue weighted by Crippen LogP contribution is -2.31. The summed E-state index contributed by atoms with van der Waals surface area (Å²) in [6, 6.07) is 11.8. The third-order valence-corrected chi connectivity index (χ3v) is 4.79. The Labute approximate surface area is 161 Å². The molecule has 1 aliphatic rings. The molecule has 0 unspecified atom stereocenters. The molecule has 0 radical (unpaired) electrons. The second-order valence-electron chi connectivity index (χ2n) is 5.45. The van der Waals surface area contributed by atoms with Gasteiger partial charge in [0.15, 0.2) is 0 Å². The third-order valence-electron chi connectivity index (χ3n) is 3.77. The van der Waals surface area contributed by atoms with E-state index in [4.69, 9.17) is 4.74 Å². The van der Waals surface area contributed by atoms with Crippen LogP contribution in [0.2, 0.25) is 0 Å². The fraction of sp³-hybridized carbons (Fsp3) is 0.167. The summed E-state index contributed by atoms with van der Waals surface area (Å²) in [5.74, 6) is -1.06. The lowest BCUT2D eigenvalue weighted by Gasteiger charge is -2.13. The molecule has 1 heterocycles. The molecular weight excluding hydrogens is 454 g/mol. The molecule has 5 nitrogen and oxygen atoms in total. The van der Waals surface area contributed by atoms with Crippen molar-refractivity contribution in [1.82, 2.24) is 4.90 Å². The summed E-state index contributed by atoms with van der Waals surface area (Å²) in [5, 5.41) is 0. The highest BCUT2D eigenvalue weighted by Gasteiger charge is 2.35. The van der Waals surface area contributed by atoms with Crippen LogP contribution in [0.4, 0.5) is 0 Å². The Hall–Kier alpha value is -1.99. The lowest BCUT2D eigenvalue weighted by molar-refractivity contribution is 0.0482. The summed E-state index contributed by atoms with van der Waals surface area (Å²) in [5.41, 5.74) is 1.25. The number of hydrogen-bond donors (Lipinski definition) is 0. The Kier molecular flexibility index (Phi) is 5.34. The van der Waals surface area contributed by atoms with E-state index < -0.39 is 5.97 Å². The fourth-order valence-electron chi connectivity index (χ4n) is 2.52. The van der Waals surface area contributed by atoms with E-state index in [1.807, 2.05) is 0 Å². The van der Waals surface area contributed by atoms with Gasteiger partial charge in [0, 0.05) is 15.5 Å². The second-order valence-corrected chi connectivity index (χ2v) is 7.28. The van der Waals surface area contributed by atoms with E-state index in [1.54, 1.807) is 42.5 Å². The largest absolute Gasteiger partial charge is 0.462 e. The minimum Gasteiger partial charge on any atom is -0.462 e. The SMILES string of the molecule is O=C(OCCCN1C(=O)c2ccc(Br)cc2C1=O)c1ccc(Br)cc1. The van der Waals surface area contributed by atoms with Crippen LogP contribution >= 0.6 is 31.9 Å². The van der Waals surface area contributed by atoms with Gasteiger partial charge in [0.1, 0.15) is 0 Å². The van der Waals surface area contributed by atoms with Gasteiger partial charge in [-0.25, -0.2) is 4.79 Å². The van der Waals surface area contributed by atoms with Crippen molar-refractivity contribution in [1.29, 1.82) is 0 Å². The van der Waals surface area contributed by atoms with Gasteiger partial charge in [-0.2, -0.15) is 0 Å². The third kappa shape index (κ3) is 3.82. The minimum absolute atomic E-state index is 0.131. The van der Waals surface area contributed by atoms with E-state index in [9.17, 15) is 14.4 Å². The van der Waals surface area contributed by atoms with E-state index in [-0.39, 0.29) is 25.0 Å². The predicted octanol–water partition coefficient (Wildman–Crippen LogP) is 4.05. The summed E-state index contributed by atoms with van der Waals surface area (Å²) in [6.45, 7) is 0.337. The molecule has 0 atom stereocenters. The van der Waals surface area contributed by atoms with E-state index in [1.165, 1.54) is 4.90 Å². The molecule has 0 fully saturated rings. The second kappa shape index (κ2) is 7.49. The van der Waals surface area contributed by atoms with E-state index >= 15 is 0 Å². The quantitative estimate of drug-likeness (QED) is 0.378. The molecule has 0 spiro atoms. The number of hydrogen-bond acceptors (Lipinski definition) is 4. The monoisotopic (exact) mass is 465 g/mol. The highest BCUT2D eigenvalue weighted by atomic mass is 79.9. The van der Waals surface area contributed by atoms with Crippen LogP contribution in [0.25, 0.3) is 0 Å². The van der Waals surface area contributed by atoms with Crippen molar-refractivity contribution in [2.75, 3.05) is 13.2 Å². The highest BCUT2D eigenvalue weighted by molar-refractivity contribution is 9.10. The Bertz CT molecular complexity index is 849. The van der Waals surface area contributed by atoms with Crippen molar-refractivity contribution in [2.45, 2.75) is 6.42 Å². The topological polar surface area (TPSA) is 63.7 Å². The van der Waals surface area contributed by atoms with Crippen LogP contribution in [-0.2, 0) is 4.74 Å². The van der Waals surface area contributed by atoms with Crippen LogP contribution in [0.5, 0.6) is 0 Å². The Morgan fingerprint density at radius 2 is 1.56 bits per heavy atom. The number of fused-ring (bicyclic) bond motifs is 1. The first-order valence-corrected chi connectivity index (χ1v) is 9.14. The van der Waals surface area contributed by atoms with Gasteiger partial charge in [-0.05, 0) is 48.9 Å². The van der Waals surface area contributed by atoms with Crippen molar-refractivity contribution in [3.63, 3.8) is 0 Å². The van der Waals surface area contributed by atoms with Crippen molar-refractivity contribution in [3.05, 3.63) is 68.1 Å². The van der Waals surface area contributed by atoms with E-state index in [0.717, 1.165) is 8.95 Å². The number of benzene rings is 2. The number of nitrogens with zero attached hydrogens (tertiary/aromatic N) is 1. The number of imide groups is 1. The molecule has 0 bridgehead atoms. The van der Waals surface area contributed by atoms with Crippen molar-refractivity contribution < 1.29 is 19.1 Å². The normalized spacial score (nSPS) is 13.1. The summed E-state index contributed by atoms with van der Waals surface area (Å²) >= 11 is 6.60. The van der Waals surface area contributed by atoms with Crippen LogP contribution in [0.3, 0.4) is 0 Å². The van der Waals surface area contributed by atoms with E-state index in [2.05, 4.69) is 31.9 Å². The van der Waals surface area contributed by atoms with Gasteiger partial charge >= 0.3 is 5.97 Å². The summed E-state index contributed by atoms with van der Waals surface area (Å²) in [7, 11) is 0. The molecule has 0 saturated heterocycles. The number of rotatable bonds is 5. The lowest BCUT2D eigenvalue weighted by atomic mass is 10.1. The van der Waals surface area contributed by atoms with Crippen LogP contribution in [-0.4, -0.2) is 35.8 Å². The average molecular weight is 467 g/mol. The Morgan fingerprint density at radius 3 is 2.28 bits per heavy atom. The Morgan fingerprint density at radius 1 is 0.920 bits per heavy atom. The highest BCUT2D eigenvalue weighted by Crippen LogP contribution is 2.26. The van der Waals surface area contributed by atoms with Crippen molar-refractivity contribution in [3.8, 4) is 0 Å². The standard InChI is InChI=1S/C18H13Br2NO4/c19-12-4-2-11(3-5-12)18(24)25-9-1-8-21-16(22)14-7-6-13(20)10-15(14)17(21)23/h2-7,10H,1,8-9H2. The minimum atomic E-state index is -0.432. The van der Waals surface area contributed by atoms with Gasteiger partial charge in [-0.15, -0.1) is 0 Å². The van der Waals surface area contributed by atoms with Crippen molar-refractivity contribution in [2.24, 2.45) is 0 Å². The number of halogens is 2. The van der Waals surface area contributed by atoms with Crippen LogP contribution in [0.1, 0.15) is 37.5 Å². The summed E-state index contributed by atoms with van der Waals surface area (Å²) < 4.78 is 6.81. The first-order chi connectivity index (χ1) is 12.0. The molecule has 0 aromatic heterocycles. The summed E-state index contributed by atoms with van der Waals surface area (Å²) in [6.07, 6.45) is 0.384. The van der Waals surface area contributed by atoms with Gasteiger partial charge in [-0.1, -0.05) is 31.9 Å². The molecule has 0 aliphatic carbocycles. The number of carbonyl (C=O) groups is 3. The zero-order chi connectivity index (χ0) is 18.0. The molecule has 0 saturated carbocycles. The number of amides is 2. The van der Waals surface area contributed by atoms with Crippen LogP contribution in [0, 0.1) is 0 Å². The van der Waals surface area contributed by atoms with Gasteiger partial charge in [-0.3, -0.25) is 14.5 Å². The maximum Gasteiger partial charge on any atom is 0.338 e. The molecule has 25 heavy (non-hydrogen) atoms. The first kappa shape index (κ1) is 17.8. The number of esters is 1. The molecule has 2 aromatic carbocycles. The zero-order valence-corrected chi connectivity index (χ0v) is 16.2. The summed E-state index contributed by atoms with van der Waals surface area (Å²) in [4.78, 5) is 37.7. The van der Waals surface area contributed by atoms with E-state index in [0.29, 0.717) is 23.1 Å². The van der Waals surface area contributed by atoms with Crippen LogP contribution in [0.15, 0.2) is 51.4 Å². The molecule has 1 aliphatic heterocycles. The number of carbonyl (C=O) groups excluding carboxylic acids is 3. The molecule has 2 aromatic rings. The molecule has 128 valence electrons. The maximum atomic E-state index is 12.3. The predicted molar refractivity (Wildman–Crippen MR) is 98.6 cm³/mol.